The summed E-state index contributed by atoms with van der Waals surface area (Å²) in [5.74, 6) is -3.50. The van der Waals surface area contributed by atoms with Crippen molar-refractivity contribution < 1.29 is 79.7 Å². The third-order valence-electron chi connectivity index (χ3n) is 2.30. The Balaban J connectivity index is -0.000000202. The molecule has 2 N–H and O–H groups in total. The van der Waals surface area contributed by atoms with Crippen molar-refractivity contribution in [2.24, 2.45) is 10.8 Å². The van der Waals surface area contributed by atoms with Crippen molar-refractivity contribution in [3.63, 3.8) is 0 Å². The molecule has 0 aliphatic heterocycles. The Hall–Kier alpha value is -1.32. The molecule has 0 aromatic carbocycles. The van der Waals surface area contributed by atoms with Crippen molar-refractivity contribution >= 4 is 23.9 Å². The number of carbonyl (C=O) groups excluding carboxylic acids is 2. The molecule has 0 bridgehead atoms. The summed E-state index contributed by atoms with van der Waals surface area (Å²) in [7, 11) is 0. The number of carboxylic acid groups (broad SMARTS) is 2. The summed E-state index contributed by atoms with van der Waals surface area (Å²) in [6, 6.07) is 0. The number of hydrogen-bond donors (Lipinski definition) is 2. The fourth-order valence-electron chi connectivity index (χ4n) is 1.11. The number of carboxylic acids is 2. The maximum absolute atomic E-state index is 11.1. The summed E-state index contributed by atoms with van der Waals surface area (Å²) in [6.07, 6.45) is 1.28. The van der Waals surface area contributed by atoms with Gasteiger partial charge in [-0.05, 0) is 10.8 Å². The van der Waals surface area contributed by atoms with E-state index in [1.807, 2.05) is 41.5 Å². The van der Waals surface area contributed by atoms with Crippen LogP contribution in [0, 0.1) is 10.8 Å². The minimum Gasteiger partial charge on any atom is -0.481 e. The van der Waals surface area contributed by atoms with Crippen molar-refractivity contribution in [2.45, 2.75) is 48.0 Å². The van der Waals surface area contributed by atoms with Gasteiger partial charge in [0, 0.05) is 17.7 Å². The quantitative estimate of drug-likeness (QED) is 0.260. The second-order valence-corrected chi connectivity index (χ2v) is 8.15. The van der Waals surface area contributed by atoms with Gasteiger partial charge in [0.25, 0.3) is 0 Å². The number of esters is 2. The third kappa shape index (κ3) is 29.0. The second-order valence-electron chi connectivity index (χ2n) is 8.15. The molecular weight excluding hydrogens is 569 g/mol. The number of ether oxygens (including phenoxy) is 2. The van der Waals surface area contributed by atoms with E-state index in [0.29, 0.717) is 0 Å². The van der Waals surface area contributed by atoms with Gasteiger partial charge >= 0.3 is 64.7 Å². The zero-order chi connectivity index (χ0) is 21.8. The molecule has 0 atom stereocenters. The van der Waals surface area contributed by atoms with Gasteiger partial charge in [-0.1, -0.05) is 48.1 Å². The fourth-order valence-corrected chi connectivity index (χ4v) is 1.11. The topological polar surface area (TPSA) is 127 Å². The summed E-state index contributed by atoms with van der Waals surface area (Å²) >= 11 is 0. The van der Waals surface area contributed by atoms with Gasteiger partial charge in [-0.2, -0.15) is 0 Å². The van der Waals surface area contributed by atoms with Gasteiger partial charge in [-0.15, -0.1) is 0 Å². The molecule has 29 heavy (non-hydrogen) atoms. The third-order valence-corrected chi connectivity index (χ3v) is 2.30. The van der Waals surface area contributed by atoms with E-state index in [-0.39, 0.29) is 76.9 Å². The first-order valence-corrected chi connectivity index (χ1v) is 8.18. The first kappa shape index (κ1) is 35.1. The molecule has 0 heterocycles. The van der Waals surface area contributed by atoms with Crippen molar-refractivity contribution in [2.75, 3.05) is 13.2 Å². The normalized spacial score (nSPS) is 10.4. The molecule has 0 aliphatic carbocycles. The smallest absolute Gasteiger partial charge is 0.481 e. The van der Waals surface area contributed by atoms with Crippen LogP contribution in [0.5, 0.6) is 0 Å². The van der Waals surface area contributed by atoms with E-state index < -0.39 is 23.9 Å². The molecule has 0 rings (SSSR count). The maximum atomic E-state index is 11.1. The average molecular weight is 599 g/mol. The van der Waals surface area contributed by atoms with E-state index >= 15 is 0 Å². The molecular formula is C19H30O8Pd2+4. The zero-order valence-corrected chi connectivity index (χ0v) is 20.6. The summed E-state index contributed by atoms with van der Waals surface area (Å²) in [6.45, 7) is 15.4. The van der Waals surface area contributed by atoms with Crippen molar-refractivity contribution in [3.8, 4) is 0 Å². The van der Waals surface area contributed by atoms with E-state index in [2.05, 4.69) is 6.58 Å². The first-order chi connectivity index (χ1) is 12.0. The standard InChI is InChI=1S/C10H16O4.C9H14O4.2Pd/c1-7(5-8(11)12)9(13)14-6-10(2,3)4;1-9(2,3)6-13-8(12)5-4-7(10)11;;/h1,5-6H2,2-4H3,(H,11,12);4-5H,6H2,1-3H3,(H,10,11);;/q;;2*+2/b;5-4+;;. The van der Waals surface area contributed by atoms with Crippen LogP contribution in [-0.4, -0.2) is 47.3 Å². The molecule has 10 heteroatoms. The van der Waals surface area contributed by atoms with Crippen LogP contribution in [0.1, 0.15) is 48.0 Å². The van der Waals surface area contributed by atoms with Gasteiger partial charge in [0.15, 0.2) is 0 Å². The number of hydrogen-bond acceptors (Lipinski definition) is 6. The van der Waals surface area contributed by atoms with Gasteiger partial charge in [-0.3, -0.25) is 4.79 Å². The van der Waals surface area contributed by atoms with Crippen LogP contribution in [0.3, 0.4) is 0 Å². The molecule has 0 fully saturated rings. The van der Waals surface area contributed by atoms with Crippen LogP contribution < -0.4 is 0 Å². The van der Waals surface area contributed by atoms with Crippen LogP contribution in [0.25, 0.3) is 0 Å². The fraction of sp³-hybridized carbons (Fsp3) is 0.579. The summed E-state index contributed by atoms with van der Waals surface area (Å²) < 4.78 is 9.64. The van der Waals surface area contributed by atoms with Gasteiger partial charge in [0.1, 0.15) is 0 Å². The molecule has 0 unspecified atom stereocenters. The van der Waals surface area contributed by atoms with Crippen LogP contribution >= 0.6 is 0 Å². The van der Waals surface area contributed by atoms with Crippen molar-refractivity contribution in [1.82, 2.24) is 0 Å². The SMILES string of the molecule is C=C(CC(=O)O)C(=O)OCC(C)(C)C.CC(C)(C)COC(=O)/C=C/C(=O)O.[Pd+2].[Pd+2]. The average Bonchev–Trinajstić information content (AvgIpc) is 2.47. The van der Waals surface area contributed by atoms with Gasteiger partial charge in [0.05, 0.1) is 19.6 Å². The Morgan fingerprint density at radius 3 is 1.59 bits per heavy atom. The Kier molecular flexibility index (Phi) is 20.0. The Morgan fingerprint density at radius 1 is 0.828 bits per heavy atom. The molecule has 0 radical (unpaired) electrons. The van der Waals surface area contributed by atoms with Gasteiger partial charge in [0.2, 0.25) is 0 Å². The summed E-state index contributed by atoms with van der Waals surface area (Å²) in [5, 5.41) is 16.6. The van der Waals surface area contributed by atoms with Crippen LogP contribution in [0.2, 0.25) is 0 Å². The molecule has 8 nitrogen and oxygen atoms in total. The van der Waals surface area contributed by atoms with Gasteiger partial charge < -0.3 is 19.7 Å². The maximum Gasteiger partial charge on any atom is 2.00 e. The predicted molar refractivity (Wildman–Crippen MR) is 99.0 cm³/mol. The molecule has 170 valence electrons. The minimum atomic E-state index is -1.16. The number of rotatable bonds is 7. The number of aliphatic carboxylic acids is 2. The molecule has 0 aromatic rings. The molecule has 0 amide bonds. The molecule has 0 aromatic heterocycles. The van der Waals surface area contributed by atoms with Gasteiger partial charge in [-0.25, -0.2) is 14.4 Å². The van der Waals surface area contributed by atoms with E-state index in [1.165, 1.54) is 0 Å². The Bertz CT molecular complexity index is 584. The van der Waals surface area contributed by atoms with Crippen molar-refractivity contribution in [3.05, 3.63) is 24.3 Å². The molecule has 0 spiro atoms. The van der Waals surface area contributed by atoms with E-state index in [0.717, 1.165) is 12.2 Å². The number of carbonyl (C=O) groups is 4. The summed E-state index contributed by atoms with van der Waals surface area (Å²) in [4.78, 5) is 42.2. The Morgan fingerprint density at radius 2 is 1.24 bits per heavy atom. The van der Waals surface area contributed by atoms with E-state index in [9.17, 15) is 19.2 Å². The molecule has 0 saturated carbocycles. The van der Waals surface area contributed by atoms with E-state index in [4.69, 9.17) is 19.7 Å². The van der Waals surface area contributed by atoms with Crippen LogP contribution in [-0.2, 0) is 69.5 Å². The van der Waals surface area contributed by atoms with Crippen LogP contribution in [0.4, 0.5) is 0 Å². The summed E-state index contributed by atoms with van der Waals surface area (Å²) in [5.41, 5.74) is -0.256. The Labute approximate surface area is 199 Å². The van der Waals surface area contributed by atoms with Crippen molar-refractivity contribution in [1.29, 1.82) is 0 Å². The minimum absolute atomic E-state index is 0. The monoisotopic (exact) mass is 598 g/mol. The molecule has 0 aliphatic rings. The predicted octanol–water partition coefficient (Wildman–Crippen LogP) is 2.82. The molecule has 0 saturated heterocycles. The first-order valence-electron chi connectivity index (χ1n) is 8.18. The zero-order valence-electron chi connectivity index (χ0n) is 17.5. The van der Waals surface area contributed by atoms with E-state index in [1.54, 1.807) is 0 Å². The largest absolute Gasteiger partial charge is 2.00 e. The second kappa shape index (κ2) is 16.5. The van der Waals surface area contributed by atoms with Crippen LogP contribution in [0.15, 0.2) is 24.3 Å².